The molecular weight excluding hydrogens is 276 g/mol. The monoisotopic (exact) mass is 292 g/mol. The number of nitrogens with zero attached hydrogens (tertiary/aromatic N) is 1. The highest BCUT2D eigenvalue weighted by Gasteiger charge is 2.06. The van der Waals surface area contributed by atoms with E-state index in [-0.39, 0.29) is 0 Å². The van der Waals surface area contributed by atoms with Crippen LogP contribution >= 0.6 is 15.9 Å². The van der Waals surface area contributed by atoms with E-state index in [0.29, 0.717) is 0 Å². The van der Waals surface area contributed by atoms with Crippen LogP contribution in [0.2, 0.25) is 0 Å². The third kappa shape index (κ3) is 4.51. The first-order valence-corrected chi connectivity index (χ1v) is 6.77. The van der Waals surface area contributed by atoms with Gasteiger partial charge in [0.15, 0.2) is 0 Å². The minimum atomic E-state index is 0.839. The Hall–Kier alpha value is -0.820. The normalized spacial score (nSPS) is 16.3. The summed E-state index contributed by atoms with van der Waals surface area (Å²) in [4.78, 5) is 2.39. The third-order valence-corrected chi connectivity index (χ3v) is 3.31. The Balaban J connectivity index is 1.78. The Morgan fingerprint density at radius 3 is 2.82 bits per heavy atom. The molecular formula is C14H17BrN2. The van der Waals surface area contributed by atoms with Crippen LogP contribution in [-0.2, 0) is 6.42 Å². The van der Waals surface area contributed by atoms with Crippen LogP contribution in [-0.4, -0.2) is 37.6 Å². The van der Waals surface area contributed by atoms with Crippen molar-refractivity contribution in [3.63, 3.8) is 0 Å². The standard InChI is InChI=1S/C14H17BrN2/c15-14-6-3-5-13(12-14)4-1-2-9-17-10-7-16-8-11-17/h3,5-6,12,16H,4,7-11H2. The molecule has 0 spiro atoms. The first kappa shape index (κ1) is 12.6. The smallest absolute Gasteiger partial charge is 0.0602 e. The second kappa shape index (κ2) is 6.80. The molecule has 1 aliphatic rings. The van der Waals surface area contributed by atoms with Gasteiger partial charge in [0.2, 0.25) is 0 Å². The minimum Gasteiger partial charge on any atom is -0.314 e. The molecule has 0 aromatic heterocycles. The molecule has 2 nitrogen and oxygen atoms in total. The van der Waals surface area contributed by atoms with Gasteiger partial charge in [0.1, 0.15) is 0 Å². The van der Waals surface area contributed by atoms with E-state index in [4.69, 9.17) is 0 Å². The average molecular weight is 293 g/mol. The summed E-state index contributed by atoms with van der Waals surface area (Å²) in [5, 5.41) is 3.34. The van der Waals surface area contributed by atoms with Crippen molar-refractivity contribution in [2.45, 2.75) is 6.42 Å². The highest BCUT2D eigenvalue weighted by molar-refractivity contribution is 9.10. The predicted molar refractivity (Wildman–Crippen MR) is 74.9 cm³/mol. The van der Waals surface area contributed by atoms with Crippen LogP contribution < -0.4 is 5.32 Å². The number of hydrogen-bond donors (Lipinski definition) is 1. The third-order valence-electron chi connectivity index (χ3n) is 2.82. The second-order valence-electron chi connectivity index (χ2n) is 4.19. The lowest BCUT2D eigenvalue weighted by Gasteiger charge is -2.24. The molecule has 3 heteroatoms. The van der Waals surface area contributed by atoms with Crippen molar-refractivity contribution in [1.82, 2.24) is 10.2 Å². The minimum absolute atomic E-state index is 0.839. The molecule has 0 bridgehead atoms. The summed E-state index contributed by atoms with van der Waals surface area (Å²) < 4.78 is 1.12. The van der Waals surface area contributed by atoms with Crippen LogP contribution in [0.15, 0.2) is 28.7 Å². The number of piperazine rings is 1. The van der Waals surface area contributed by atoms with Gasteiger partial charge >= 0.3 is 0 Å². The summed E-state index contributed by atoms with van der Waals surface area (Å²) in [6.07, 6.45) is 0.839. The maximum Gasteiger partial charge on any atom is 0.0602 e. The fourth-order valence-electron chi connectivity index (χ4n) is 1.85. The largest absolute Gasteiger partial charge is 0.314 e. The van der Waals surface area contributed by atoms with E-state index in [1.54, 1.807) is 0 Å². The van der Waals surface area contributed by atoms with Crippen LogP contribution in [0.1, 0.15) is 5.56 Å². The molecule has 17 heavy (non-hydrogen) atoms. The predicted octanol–water partition coefficient (Wildman–Crippen LogP) is 1.90. The zero-order valence-electron chi connectivity index (χ0n) is 9.88. The van der Waals surface area contributed by atoms with Crippen LogP contribution in [0.3, 0.4) is 0 Å². The Morgan fingerprint density at radius 2 is 2.06 bits per heavy atom. The van der Waals surface area contributed by atoms with Gasteiger partial charge in [0.05, 0.1) is 6.54 Å². The zero-order valence-corrected chi connectivity index (χ0v) is 11.5. The highest BCUT2D eigenvalue weighted by atomic mass is 79.9. The highest BCUT2D eigenvalue weighted by Crippen LogP contribution is 2.11. The van der Waals surface area contributed by atoms with Crippen LogP contribution in [0.5, 0.6) is 0 Å². The van der Waals surface area contributed by atoms with Crippen LogP contribution in [0.4, 0.5) is 0 Å². The summed E-state index contributed by atoms with van der Waals surface area (Å²) >= 11 is 3.47. The van der Waals surface area contributed by atoms with E-state index in [0.717, 1.165) is 43.6 Å². The number of rotatable bonds is 2. The molecule has 0 amide bonds. The van der Waals surface area contributed by atoms with Crippen molar-refractivity contribution in [3.8, 4) is 11.8 Å². The van der Waals surface area contributed by atoms with E-state index in [9.17, 15) is 0 Å². The first-order valence-electron chi connectivity index (χ1n) is 5.98. The number of benzene rings is 1. The molecule has 0 radical (unpaired) electrons. The van der Waals surface area contributed by atoms with E-state index >= 15 is 0 Å². The van der Waals surface area contributed by atoms with Crippen molar-refractivity contribution in [3.05, 3.63) is 34.3 Å². The molecule has 1 aromatic rings. The fourth-order valence-corrected chi connectivity index (χ4v) is 2.30. The summed E-state index contributed by atoms with van der Waals surface area (Å²) in [6.45, 7) is 5.31. The SMILES string of the molecule is Brc1cccc(CC#CCN2CCNCC2)c1. The van der Waals surface area contributed by atoms with Gasteiger partial charge in [-0.3, -0.25) is 4.90 Å². The lowest BCUT2D eigenvalue weighted by Crippen LogP contribution is -2.43. The van der Waals surface area contributed by atoms with Crippen molar-refractivity contribution in [2.24, 2.45) is 0 Å². The molecule has 1 heterocycles. The van der Waals surface area contributed by atoms with Crippen LogP contribution in [0.25, 0.3) is 0 Å². The van der Waals surface area contributed by atoms with Gasteiger partial charge in [-0.2, -0.15) is 0 Å². The first-order chi connectivity index (χ1) is 8.34. The molecule has 1 N–H and O–H groups in total. The number of halogens is 1. The lowest BCUT2D eigenvalue weighted by molar-refractivity contribution is 0.268. The Morgan fingerprint density at radius 1 is 1.24 bits per heavy atom. The molecule has 2 rings (SSSR count). The van der Waals surface area contributed by atoms with Crippen molar-refractivity contribution in [1.29, 1.82) is 0 Å². The van der Waals surface area contributed by atoms with Gasteiger partial charge in [-0.1, -0.05) is 39.9 Å². The van der Waals surface area contributed by atoms with E-state index in [1.807, 2.05) is 6.07 Å². The molecule has 0 atom stereocenters. The van der Waals surface area contributed by atoms with Gasteiger partial charge in [0, 0.05) is 37.1 Å². The molecule has 1 saturated heterocycles. The molecule has 0 aliphatic carbocycles. The average Bonchev–Trinajstić information content (AvgIpc) is 2.36. The lowest BCUT2D eigenvalue weighted by atomic mass is 10.2. The number of hydrogen-bond acceptors (Lipinski definition) is 2. The topological polar surface area (TPSA) is 15.3 Å². The molecule has 90 valence electrons. The zero-order chi connectivity index (χ0) is 11.9. The summed E-state index contributed by atoms with van der Waals surface area (Å²) in [5.74, 6) is 6.50. The Labute approximate surface area is 112 Å². The van der Waals surface area contributed by atoms with Gasteiger partial charge < -0.3 is 5.32 Å². The molecule has 1 fully saturated rings. The van der Waals surface area contributed by atoms with Gasteiger partial charge in [0.25, 0.3) is 0 Å². The van der Waals surface area contributed by atoms with Gasteiger partial charge in [-0.15, -0.1) is 0 Å². The van der Waals surface area contributed by atoms with Gasteiger partial charge in [-0.25, -0.2) is 0 Å². The van der Waals surface area contributed by atoms with Crippen molar-refractivity contribution >= 4 is 15.9 Å². The quantitative estimate of drug-likeness (QED) is 0.838. The molecule has 0 saturated carbocycles. The van der Waals surface area contributed by atoms with Crippen molar-refractivity contribution < 1.29 is 0 Å². The van der Waals surface area contributed by atoms with E-state index in [2.05, 4.69) is 56.2 Å². The van der Waals surface area contributed by atoms with E-state index < -0.39 is 0 Å². The Kier molecular flexibility index (Phi) is 5.06. The fraction of sp³-hybridized carbons (Fsp3) is 0.429. The molecule has 0 unspecified atom stereocenters. The number of nitrogens with one attached hydrogen (secondary N) is 1. The maximum absolute atomic E-state index is 3.47. The van der Waals surface area contributed by atoms with Crippen LogP contribution in [0, 0.1) is 11.8 Å². The second-order valence-corrected chi connectivity index (χ2v) is 5.10. The molecule has 1 aromatic carbocycles. The Bertz CT molecular complexity index is 414. The summed E-state index contributed by atoms with van der Waals surface area (Å²) in [6, 6.07) is 8.33. The summed E-state index contributed by atoms with van der Waals surface area (Å²) in [7, 11) is 0. The van der Waals surface area contributed by atoms with Crippen molar-refractivity contribution in [2.75, 3.05) is 32.7 Å². The van der Waals surface area contributed by atoms with E-state index in [1.165, 1.54) is 5.56 Å². The summed E-state index contributed by atoms with van der Waals surface area (Å²) in [5.41, 5.74) is 1.27. The maximum atomic E-state index is 3.47. The molecule has 1 aliphatic heterocycles. The van der Waals surface area contributed by atoms with Gasteiger partial charge in [-0.05, 0) is 17.7 Å².